The van der Waals surface area contributed by atoms with Gasteiger partial charge in [0.15, 0.2) is 0 Å². The fourth-order valence-electron chi connectivity index (χ4n) is 1.84. The van der Waals surface area contributed by atoms with E-state index in [-0.39, 0.29) is 10.0 Å². The van der Waals surface area contributed by atoms with Crippen LogP contribution in [0.15, 0.2) is 53.4 Å². The molecule has 0 aliphatic carbocycles. The summed E-state index contributed by atoms with van der Waals surface area (Å²) in [5, 5.41) is 2.54. The highest BCUT2D eigenvalue weighted by Crippen LogP contribution is 3.02. The molecule has 10 heteroatoms. The Morgan fingerprint density at radius 2 is 1.72 bits per heavy atom. The van der Waals surface area contributed by atoms with Crippen molar-refractivity contribution in [1.82, 2.24) is 0 Å². The van der Waals surface area contributed by atoms with Gasteiger partial charge in [-0.25, -0.2) is 0 Å². The van der Waals surface area contributed by atoms with Crippen molar-refractivity contribution in [2.24, 2.45) is 0 Å². The molecule has 0 unspecified atom stereocenters. The van der Waals surface area contributed by atoms with Crippen LogP contribution >= 0.6 is 34.2 Å². The van der Waals surface area contributed by atoms with Gasteiger partial charge in [0.2, 0.25) is 0 Å². The van der Waals surface area contributed by atoms with Crippen LogP contribution in [0, 0.1) is 0 Å². The minimum absolute atomic E-state index is 0.141. The Kier molecular flexibility index (Phi) is 5.01. The van der Waals surface area contributed by atoms with Crippen LogP contribution in [0.5, 0.6) is 5.75 Å². The summed E-state index contributed by atoms with van der Waals surface area (Å²) in [6.07, 6.45) is 0. The van der Waals surface area contributed by atoms with Gasteiger partial charge in [0.1, 0.15) is 15.0 Å². The van der Waals surface area contributed by atoms with Gasteiger partial charge in [-0.15, -0.1) is 0 Å². The maximum absolute atomic E-state index is 12.8. The summed E-state index contributed by atoms with van der Waals surface area (Å²) in [7, 11) is -8.16. The second-order valence-electron chi connectivity index (χ2n) is 5.05. The Labute approximate surface area is 151 Å². The lowest BCUT2D eigenvalue weighted by molar-refractivity contribution is 0.364. The highest BCUT2D eigenvalue weighted by molar-refractivity contribution is 8.45. The molecule has 0 heterocycles. The zero-order valence-electron chi connectivity index (χ0n) is 12.8. The minimum Gasteiger partial charge on any atom is -0.497 e. The molecule has 1 N–H and O–H groups in total. The van der Waals surface area contributed by atoms with Gasteiger partial charge in [0, 0.05) is 11.4 Å². The fraction of sp³-hybridized carbons (Fsp3) is 0.133. The van der Waals surface area contributed by atoms with Gasteiger partial charge in [-0.2, -0.15) is 0 Å². The Bertz CT molecular complexity index is 778. The number of ether oxygens (including phenoxy) is 1. The lowest BCUT2D eigenvalue weighted by Gasteiger charge is -2.40. The number of thioether (sulfide) groups is 1. The van der Waals surface area contributed by atoms with Gasteiger partial charge in [-0.3, -0.25) is 0 Å². The normalized spacial score (nSPS) is 14.3. The molecule has 0 bridgehead atoms. The van der Waals surface area contributed by atoms with E-state index in [9.17, 15) is 19.4 Å². The zero-order valence-corrected chi connectivity index (χ0v) is 15.3. The second-order valence-corrected chi connectivity index (χ2v) is 9.11. The van der Waals surface area contributed by atoms with E-state index in [2.05, 4.69) is 5.32 Å². The van der Waals surface area contributed by atoms with Crippen LogP contribution in [0.4, 0.5) is 25.1 Å². The summed E-state index contributed by atoms with van der Waals surface area (Å²) in [6, 6.07) is 10.0. The number of hydrogen-bond acceptors (Lipinski definition) is 3. The predicted molar refractivity (Wildman–Crippen MR) is 98.3 cm³/mol. The fourth-order valence-corrected chi connectivity index (χ4v) is 3.50. The number of rotatable bonds is 5. The molecule has 2 nitrogen and oxygen atoms in total. The predicted octanol–water partition coefficient (Wildman–Crippen LogP) is 6.98. The molecular formula is C15H14F5NOS3. The first-order valence-corrected chi connectivity index (χ1v) is 10.1. The molecule has 2 rings (SSSR count). The Hall–Kier alpha value is -1.52. The van der Waals surface area contributed by atoms with Crippen molar-refractivity contribution in [3.63, 3.8) is 0 Å². The number of benzene rings is 2. The molecule has 0 fully saturated rings. The average Bonchev–Trinajstić information content (AvgIpc) is 2.51. The maximum atomic E-state index is 12.8. The largest absolute Gasteiger partial charge is 0.497 e. The summed E-state index contributed by atoms with van der Waals surface area (Å²) >= 11 is 6.21. The number of halogens is 5. The molecule has 2 aromatic carbocycles. The van der Waals surface area contributed by atoms with Crippen LogP contribution < -0.4 is 10.1 Å². The summed E-state index contributed by atoms with van der Waals surface area (Å²) < 4.78 is 69.3. The standard InChI is InChI=1S/C15H14F5NOS3/c1-22-13-7-5-11(6-8-13)10-24-15(23)21-12-3-2-4-14(9-12)25(16,17,18,19)20/h2-9H,10H2,1H3,(H,21,23). The Morgan fingerprint density at radius 3 is 2.28 bits per heavy atom. The maximum Gasteiger partial charge on any atom is 0.310 e. The average molecular weight is 415 g/mol. The van der Waals surface area contributed by atoms with Crippen molar-refractivity contribution < 1.29 is 24.2 Å². The van der Waals surface area contributed by atoms with Crippen LogP contribution in [-0.2, 0) is 5.75 Å². The molecule has 0 saturated carbocycles. The van der Waals surface area contributed by atoms with E-state index in [1.54, 1.807) is 19.2 Å². The van der Waals surface area contributed by atoms with Gasteiger partial charge in [-0.1, -0.05) is 61.6 Å². The van der Waals surface area contributed by atoms with E-state index in [1.807, 2.05) is 12.1 Å². The number of thiocarbonyl (C=S) groups is 1. The molecule has 0 aliphatic heterocycles. The van der Waals surface area contributed by atoms with Gasteiger partial charge >= 0.3 is 10.2 Å². The van der Waals surface area contributed by atoms with E-state index in [0.29, 0.717) is 23.6 Å². The van der Waals surface area contributed by atoms with Crippen molar-refractivity contribution in [3.8, 4) is 5.75 Å². The summed E-state index contributed by atoms with van der Waals surface area (Å²) in [5.41, 5.74) is 0.786. The van der Waals surface area contributed by atoms with Crippen LogP contribution in [0.2, 0.25) is 0 Å². The monoisotopic (exact) mass is 415 g/mol. The second kappa shape index (κ2) is 6.33. The van der Waals surface area contributed by atoms with E-state index in [4.69, 9.17) is 17.0 Å². The molecule has 0 aromatic heterocycles. The third kappa shape index (κ3) is 6.05. The van der Waals surface area contributed by atoms with Crippen molar-refractivity contribution in [2.45, 2.75) is 10.6 Å². The highest BCUT2D eigenvalue weighted by Gasteiger charge is 2.65. The van der Waals surface area contributed by atoms with E-state index in [0.717, 1.165) is 11.6 Å². The molecule has 0 radical (unpaired) electrons. The van der Waals surface area contributed by atoms with Gasteiger partial charge in [0.25, 0.3) is 0 Å². The zero-order chi connectivity index (χ0) is 18.8. The third-order valence-electron chi connectivity index (χ3n) is 3.05. The first-order chi connectivity index (χ1) is 11.4. The van der Waals surface area contributed by atoms with Crippen LogP contribution in [0.1, 0.15) is 5.56 Å². The summed E-state index contributed by atoms with van der Waals surface area (Å²) in [5.74, 6) is 1.17. The summed E-state index contributed by atoms with van der Waals surface area (Å²) in [6.45, 7) is 0. The van der Waals surface area contributed by atoms with Gasteiger partial charge in [0.05, 0.1) is 7.11 Å². The molecule has 0 atom stereocenters. The van der Waals surface area contributed by atoms with Crippen LogP contribution in [-0.4, -0.2) is 11.4 Å². The molecule has 0 saturated heterocycles. The Balaban J connectivity index is 2.01. The van der Waals surface area contributed by atoms with Crippen LogP contribution in [0.3, 0.4) is 0 Å². The number of hydrogen-bond donors (Lipinski definition) is 1. The molecule has 0 aliphatic rings. The topological polar surface area (TPSA) is 21.3 Å². The van der Waals surface area contributed by atoms with Crippen molar-refractivity contribution in [3.05, 3.63) is 54.1 Å². The molecule has 2 aromatic rings. The van der Waals surface area contributed by atoms with Crippen molar-refractivity contribution >= 4 is 44.2 Å². The first-order valence-electron chi connectivity index (χ1n) is 6.78. The number of nitrogens with one attached hydrogen (secondary N) is 1. The lowest BCUT2D eigenvalue weighted by Crippen LogP contribution is -2.09. The quantitative estimate of drug-likeness (QED) is 0.420. The smallest absolute Gasteiger partial charge is 0.310 e. The minimum atomic E-state index is -9.71. The highest BCUT2D eigenvalue weighted by atomic mass is 32.5. The van der Waals surface area contributed by atoms with Crippen molar-refractivity contribution in [2.75, 3.05) is 12.4 Å². The van der Waals surface area contributed by atoms with Crippen LogP contribution in [0.25, 0.3) is 0 Å². The van der Waals surface area contributed by atoms with Crippen molar-refractivity contribution in [1.29, 1.82) is 0 Å². The molecule has 138 valence electrons. The van der Waals surface area contributed by atoms with Gasteiger partial charge in [-0.05, 0) is 35.9 Å². The van der Waals surface area contributed by atoms with E-state index >= 15 is 0 Å². The molecule has 0 spiro atoms. The SMILES string of the molecule is COc1ccc(CSC(=S)Nc2cccc(S(F)(F)(F)(F)F)c2)cc1. The third-order valence-corrected chi connectivity index (χ3v) is 5.50. The lowest BCUT2D eigenvalue weighted by atomic mass is 10.2. The molecular weight excluding hydrogens is 401 g/mol. The van der Waals surface area contributed by atoms with Gasteiger partial charge < -0.3 is 10.1 Å². The van der Waals surface area contributed by atoms with E-state index in [1.165, 1.54) is 17.8 Å². The summed E-state index contributed by atoms with van der Waals surface area (Å²) in [4.78, 5) is -1.95. The number of methoxy groups -OCH3 is 1. The first kappa shape index (κ1) is 19.8. The molecule has 25 heavy (non-hydrogen) atoms. The number of anilines is 1. The van der Waals surface area contributed by atoms with E-state index < -0.39 is 15.1 Å². The molecule has 0 amide bonds. The Morgan fingerprint density at radius 1 is 1.08 bits per heavy atom.